The van der Waals surface area contributed by atoms with Crippen molar-refractivity contribution < 1.29 is 0 Å². The number of aromatic nitrogens is 3. The molecule has 0 aliphatic carbocycles. The first-order valence-electron chi connectivity index (χ1n) is 11.2. The molecule has 182 valence electrons. The Morgan fingerprint density at radius 2 is 1.00 bits per heavy atom. The fourth-order valence-corrected chi connectivity index (χ4v) is 4.08. The molecule has 34 heavy (non-hydrogen) atoms. The lowest BCUT2D eigenvalue weighted by molar-refractivity contribution is 0.404. The summed E-state index contributed by atoms with van der Waals surface area (Å²) in [5.41, 5.74) is 5.43. The summed E-state index contributed by atoms with van der Waals surface area (Å²) in [5.74, 6) is 0. The molecule has 3 aromatic rings. The third-order valence-electron chi connectivity index (χ3n) is 4.24. The maximum atomic E-state index is 4.35. The van der Waals surface area contributed by atoms with Gasteiger partial charge in [0, 0.05) is 46.1 Å². The molecule has 3 heterocycles. The zero-order valence-electron chi connectivity index (χ0n) is 21.3. The molecule has 3 rings (SSSR count). The minimum absolute atomic E-state index is 0.335. The van der Waals surface area contributed by atoms with Crippen LogP contribution in [0.3, 0.4) is 0 Å². The largest absolute Gasteiger partial charge is 0.264 e. The second-order valence-corrected chi connectivity index (χ2v) is 12.3. The molecule has 0 radical (unpaired) electrons. The minimum atomic E-state index is 0.335. The molecular weight excluding hydrogens is 550 g/mol. The fourth-order valence-electron chi connectivity index (χ4n) is 3.05. The van der Waals surface area contributed by atoms with Crippen molar-refractivity contribution >= 4 is 44.0 Å². The molecule has 3 aromatic heterocycles. The third-order valence-corrected chi connectivity index (χ3v) is 5.11. The average Bonchev–Trinajstić information content (AvgIpc) is 2.72. The van der Waals surface area contributed by atoms with Crippen LogP contribution < -0.4 is 0 Å². The second-order valence-electron chi connectivity index (χ2n) is 10.5. The first kappa shape index (κ1) is 29.9. The van der Waals surface area contributed by atoms with Gasteiger partial charge in [-0.15, -0.1) is 0 Å². The van der Waals surface area contributed by atoms with Crippen LogP contribution in [-0.2, 0) is 12.8 Å². The normalized spacial score (nSPS) is 10.8. The Morgan fingerprint density at radius 3 is 1.32 bits per heavy atom. The van der Waals surface area contributed by atoms with E-state index in [0.29, 0.717) is 10.8 Å². The standard InChI is InChI=1S/C15H25N.C9H9N.C5H3Br2N/c1-14(2,3)8-12-7-13(11-16-10-12)9-15(4,5)6;1-3-8-5-9(4-2)7-10-6-8;6-4-1-5(7)3-8-2-4/h7,10-11H,8-9H2,1-6H3;3-7H,1-2H2;1-3H. The number of rotatable bonds is 4. The highest BCUT2D eigenvalue weighted by molar-refractivity contribution is 9.11. The third kappa shape index (κ3) is 14.2. The van der Waals surface area contributed by atoms with E-state index in [9.17, 15) is 0 Å². The monoisotopic (exact) mass is 585 g/mol. The van der Waals surface area contributed by atoms with E-state index in [1.165, 1.54) is 11.1 Å². The van der Waals surface area contributed by atoms with Gasteiger partial charge in [0.2, 0.25) is 0 Å². The summed E-state index contributed by atoms with van der Waals surface area (Å²) in [7, 11) is 0. The molecule has 0 amide bonds. The Morgan fingerprint density at radius 1 is 0.618 bits per heavy atom. The highest BCUT2D eigenvalue weighted by atomic mass is 79.9. The van der Waals surface area contributed by atoms with E-state index in [1.54, 1.807) is 36.9 Å². The number of nitrogens with zero attached hydrogens (tertiary/aromatic N) is 3. The molecular formula is C29H37Br2N3. The van der Waals surface area contributed by atoms with Crippen LogP contribution in [-0.4, -0.2) is 15.0 Å². The van der Waals surface area contributed by atoms with Gasteiger partial charge in [0.05, 0.1) is 0 Å². The molecule has 0 fully saturated rings. The van der Waals surface area contributed by atoms with E-state index in [0.717, 1.165) is 32.9 Å². The number of hydrogen-bond donors (Lipinski definition) is 0. The molecule has 0 saturated carbocycles. The van der Waals surface area contributed by atoms with Gasteiger partial charge in [-0.25, -0.2) is 0 Å². The van der Waals surface area contributed by atoms with Crippen LogP contribution >= 0.6 is 31.9 Å². The van der Waals surface area contributed by atoms with Crippen LogP contribution in [0.15, 0.2) is 77.5 Å². The Bertz CT molecular complexity index is 976. The van der Waals surface area contributed by atoms with E-state index < -0.39 is 0 Å². The van der Waals surface area contributed by atoms with Crippen molar-refractivity contribution in [3.05, 3.63) is 99.7 Å². The number of hydrogen-bond acceptors (Lipinski definition) is 3. The molecule has 0 aliphatic heterocycles. The molecule has 0 atom stereocenters. The van der Waals surface area contributed by atoms with Crippen LogP contribution in [0.1, 0.15) is 63.8 Å². The zero-order chi connectivity index (χ0) is 25.8. The van der Waals surface area contributed by atoms with E-state index in [4.69, 9.17) is 0 Å². The Labute approximate surface area is 223 Å². The summed E-state index contributed by atoms with van der Waals surface area (Å²) in [6.07, 6.45) is 16.7. The van der Waals surface area contributed by atoms with Crippen LogP contribution in [0.5, 0.6) is 0 Å². The summed E-state index contributed by atoms with van der Waals surface area (Å²) >= 11 is 6.54. The molecule has 0 aliphatic rings. The van der Waals surface area contributed by atoms with Crippen molar-refractivity contribution in [3.63, 3.8) is 0 Å². The summed E-state index contributed by atoms with van der Waals surface area (Å²) in [6, 6.07) is 6.23. The Balaban J connectivity index is 0.000000274. The van der Waals surface area contributed by atoms with Crippen LogP contribution in [0.4, 0.5) is 0 Å². The highest BCUT2D eigenvalue weighted by Gasteiger charge is 2.14. The molecule has 3 nitrogen and oxygen atoms in total. The van der Waals surface area contributed by atoms with Crippen molar-refractivity contribution in [1.82, 2.24) is 15.0 Å². The van der Waals surface area contributed by atoms with Gasteiger partial charge >= 0.3 is 0 Å². The summed E-state index contributed by atoms with van der Waals surface area (Å²) < 4.78 is 1.98. The van der Waals surface area contributed by atoms with Crippen molar-refractivity contribution in [2.24, 2.45) is 10.8 Å². The van der Waals surface area contributed by atoms with Crippen molar-refractivity contribution in [1.29, 1.82) is 0 Å². The number of halogens is 2. The van der Waals surface area contributed by atoms with Gasteiger partial charge in [0.1, 0.15) is 0 Å². The summed E-state index contributed by atoms with van der Waals surface area (Å²) in [5, 5.41) is 0. The van der Waals surface area contributed by atoms with Gasteiger partial charge in [-0.05, 0) is 89.9 Å². The summed E-state index contributed by atoms with van der Waals surface area (Å²) in [4.78, 5) is 12.2. The van der Waals surface area contributed by atoms with E-state index in [2.05, 4.69) is 108 Å². The van der Waals surface area contributed by atoms with Crippen LogP contribution in [0, 0.1) is 10.8 Å². The lowest BCUT2D eigenvalue weighted by atomic mass is 9.86. The molecule has 0 aromatic carbocycles. The molecule has 0 unspecified atom stereocenters. The van der Waals surface area contributed by atoms with Gasteiger partial charge < -0.3 is 0 Å². The predicted octanol–water partition coefficient (Wildman–Crippen LogP) is 9.23. The minimum Gasteiger partial charge on any atom is -0.264 e. The van der Waals surface area contributed by atoms with Gasteiger partial charge in [-0.1, -0.05) is 72.9 Å². The van der Waals surface area contributed by atoms with Gasteiger partial charge in [0.15, 0.2) is 0 Å². The smallest absolute Gasteiger partial charge is 0.0411 e. The Hall–Kier alpha value is -2.11. The second kappa shape index (κ2) is 14.3. The quantitative estimate of drug-likeness (QED) is 0.306. The predicted molar refractivity (Wildman–Crippen MR) is 155 cm³/mol. The van der Waals surface area contributed by atoms with Crippen LogP contribution in [0.2, 0.25) is 0 Å². The molecule has 5 heteroatoms. The van der Waals surface area contributed by atoms with E-state index in [-0.39, 0.29) is 0 Å². The zero-order valence-corrected chi connectivity index (χ0v) is 24.4. The first-order valence-corrected chi connectivity index (χ1v) is 12.8. The van der Waals surface area contributed by atoms with Gasteiger partial charge in [-0.2, -0.15) is 0 Å². The molecule has 0 spiro atoms. The van der Waals surface area contributed by atoms with Crippen molar-refractivity contribution in [3.8, 4) is 0 Å². The lowest BCUT2D eigenvalue weighted by Crippen LogP contribution is -2.12. The van der Waals surface area contributed by atoms with Crippen LogP contribution in [0.25, 0.3) is 12.2 Å². The van der Waals surface area contributed by atoms with Gasteiger partial charge in [0.25, 0.3) is 0 Å². The maximum absolute atomic E-state index is 4.35. The molecule has 0 bridgehead atoms. The average molecular weight is 587 g/mol. The van der Waals surface area contributed by atoms with E-state index in [1.807, 2.05) is 24.5 Å². The lowest BCUT2D eigenvalue weighted by Gasteiger charge is -2.20. The fraction of sp³-hybridized carbons (Fsp3) is 0.345. The SMILES string of the molecule is Brc1cncc(Br)c1.C=Cc1cncc(C=C)c1.CC(C)(C)Cc1cncc(CC(C)(C)C)c1. The van der Waals surface area contributed by atoms with Crippen molar-refractivity contribution in [2.45, 2.75) is 54.4 Å². The highest BCUT2D eigenvalue weighted by Crippen LogP contribution is 2.24. The summed E-state index contributed by atoms with van der Waals surface area (Å²) in [6.45, 7) is 20.9. The Kier molecular flexibility index (Phi) is 12.6. The van der Waals surface area contributed by atoms with E-state index >= 15 is 0 Å². The molecule has 0 saturated heterocycles. The van der Waals surface area contributed by atoms with Crippen molar-refractivity contribution in [2.75, 3.05) is 0 Å². The first-order chi connectivity index (χ1) is 15.8. The van der Waals surface area contributed by atoms with Gasteiger partial charge in [-0.3, -0.25) is 15.0 Å². The topological polar surface area (TPSA) is 38.7 Å². The number of pyridine rings is 3. The molecule has 0 N–H and O–H groups in total. The maximum Gasteiger partial charge on any atom is 0.0411 e.